The van der Waals surface area contributed by atoms with Gasteiger partial charge in [0.1, 0.15) is 0 Å². The van der Waals surface area contributed by atoms with Crippen LogP contribution in [0.3, 0.4) is 0 Å². The second kappa shape index (κ2) is 6.31. The van der Waals surface area contributed by atoms with Gasteiger partial charge in [0.2, 0.25) is 5.91 Å². The van der Waals surface area contributed by atoms with E-state index in [1.54, 1.807) is 17.4 Å². The predicted octanol–water partition coefficient (Wildman–Crippen LogP) is 2.92. The van der Waals surface area contributed by atoms with Gasteiger partial charge >= 0.3 is 0 Å². The van der Waals surface area contributed by atoms with E-state index < -0.39 is 0 Å². The molecule has 3 nitrogen and oxygen atoms in total. The van der Waals surface area contributed by atoms with E-state index in [1.165, 1.54) is 4.70 Å². The summed E-state index contributed by atoms with van der Waals surface area (Å²) in [5.41, 5.74) is 1.05. The first-order valence-electron chi connectivity index (χ1n) is 6.01. The van der Waals surface area contributed by atoms with E-state index in [9.17, 15) is 4.79 Å². The molecule has 0 aliphatic heterocycles. The molecule has 1 aromatic carbocycles. The summed E-state index contributed by atoms with van der Waals surface area (Å²) in [6, 6.07) is 8.11. The fraction of sp³-hybridized carbons (Fsp3) is 0.286. The van der Waals surface area contributed by atoms with Crippen LogP contribution in [0.25, 0.3) is 10.2 Å². The number of para-hydroxylation sites is 1. The van der Waals surface area contributed by atoms with Crippen molar-refractivity contribution in [1.82, 2.24) is 10.3 Å². The van der Waals surface area contributed by atoms with Crippen molar-refractivity contribution in [3.05, 3.63) is 41.9 Å². The SMILES string of the molecule is C=CCNC(=O)CCCc1nc2ccccc2s1. The van der Waals surface area contributed by atoms with Crippen LogP contribution in [-0.4, -0.2) is 17.4 Å². The van der Waals surface area contributed by atoms with Crippen LogP contribution in [0, 0.1) is 0 Å². The Labute approximate surface area is 111 Å². The van der Waals surface area contributed by atoms with E-state index in [2.05, 4.69) is 22.9 Å². The minimum absolute atomic E-state index is 0.0796. The topological polar surface area (TPSA) is 42.0 Å². The van der Waals surface area contributed by atoms with Crippen LogP contribution in [0.15, 0.2) is 36.9 Å². The molecule has 0 spiro atoms. The lowest BCUT2D eigenvalue weighted by atomic mass is 10.2. The van der Waals surface area contributed by atoms with E-state index in [0.717, 1.165) is 23.4 Å². The Morgan fingerprint density at radius 2 is 2.28 bits per heavy atom. The largest absolute Gasteiger partial charge is 0.353 e. The van der Waals surface area contributed by atoms with Crippen molar-refractivity contribution in [2.45, 2.75) is 19.3 Å². The molecule has 1 N–H and O–H groups in total. The third kappa shape index (κ3) is 3.40. The number of carbonyl (C=O) groups is 1. The Hall–Kier alpha value is -1.68. The number of amides is 1. The van der Waals surface area contributed by atoms with Gasteiger partial charge in [-0.15, -0.1) is 17.9 Å². The molecule has 0 bridgehead atoms. The Morgan fingerprint density at radius 1 is 1.44 bits per heavy atom. The Morgan fingerprint density at radius 3 is 3.06 bits per heavy atom. The summed E-state index contributed by atoms with van der Waals surface area (Å²) in [5, 5.41) is 3.88. The highest BCUT2D eigenvalue weighted by Gasteiger charge is 2.04. The third-order valence-corrected chi connectivity index (χ3v) is 3.67. The lowest BCUT2D eigenvalue weighted by Crippen LogP contribution is -2.22. The smallest absolute Gasteiger partial charge is 0.220 e. The quantitative estimate of drug-likeness (QED) is 0.811. The fourth-order valence-corrected chi connectivity index (χ4v) is 2.71. The minimum Gasteiger partial charge on any atom is -0.353 e. The molecule has 18 heavy (non-hydrogen) atoms. The lowest BCUT2D eigenvalue weighted by Gasteiger charge is -2.00. The van der Waals surface area contributed by atoms with E-state index in [-0.39, 0.29) is 5.91 Å². The number of aromatic nitrogens is 1. The molecule has 1 amide bonds. The Kier molecular flexibility index (Phi) is 4.47. The molecule has 0 aliphatic rings. The molecule has 1 heterocycles. The standard InChI is InChI=1S/C14H16N2OS/c1-2-10-15-13(17)8-5-9-14-16-11-6-3-4-7-12(11)18-14/h2-4,6-7H,1,5,8-10H2,(H,15,17). The summed E-state index contributed by atoms with van der Waals surface area (Å²) in [5.74, 6) is 0.0796. The van der Waals surface area contributed by atoms with Gasteiger partial charge in [0.15, 0.2) is 0 Å². The number of carbonyl (C=O) groups excluding carboxylic acids is 1. The number of hydrogen-bond acceptors (Lipinski definition) is 3. The van der Waals surface area contributed by atoms with E-state index in [0.29, 0.717) is 13.0 Å². The molecule has 0 radical (unpaired) electrons. The van der Waals surface area contributed by atoms with Crippen molar-refractivity contribution in [1.29, 1.82) is 0 Å². The summed E-state index contributed by atoms with van der Waals surface area (Å²) in [6.45, 7) is 4.10. The van der Waals surface area contributed by atoms with E-state index in [4.69, 9.17) is 0 Å². The highest BCUT2D eigenvalue weighted by molar-refractivity contribution is 7.18. The van der Waals surface area contributed by atoms with Gasteiger partial charge in [-0.05, 0) is 25.0 Å². The molecular formula is C14H16N2OS. The maximum Gasteiger partial charge on any atom is 0.220 e. The molecule has 0 aliphatic carbocycles. The van der Waals surface area contributed by atoms with Crippen LogP contribution in [0.4, 0.5) is 0 Å². The monoisotopic (exact) mass is 260 g/mol. The number of nitrogens with zero attached hydrogens (tertiary/aromatic N) is 1. The first kappa shape index (κ1) is 12.8. The molecule has 4 heteroatoms. The number of nitrogens with one attached hydrogen (secondary N) is 1. The molecule has 0 atom stereocenters. The molecule has 0 fully saturated rings. The van der Waals surface area contributed by atoms with Gasteiger partial charge < -0.3 is 5.32 Å². The van der Waals surface area contributed by atoms with Gasteiger partial charge in [0, 0.05) is 13.0 Å². The highest BCUT2D eigenvalue weighted by Crippen LogP contribution is 2.22. The van der Waals surface area contributed by atoms with Gasteiger partial charge in [-0.2, -0.15) is 0 Å². The average Bonchev–Trinajstić information content (AvgIpc) is 2.79. The zero-order valence-corrected chi connectivity index (χ0v) is 11.0. The van der Waals surface area contributed by atoms with E-state index in [1.807, 2.05) is 18.2 Å². The summed E-state index contributed by atoms with van der Waals surface area (Å²) in [7, 11) is 0. The second-order valence-corrected chi connectivity index (χ2v) is 5.14. The van der Waals surface area contributed by atoms with Crippen molar-refractivity contribution in [2.24, 2.45) is 0 Å². The number of fused-ring (bicyclic) bond motifs is 1. The Balaban J connectivity index is 1.83. The number of aryl methyl sites for hydroxylation is 1. The van der Waals surface area contributed by atoms with Gasteiger partial charge in [0.25, 0.3) is 0 Å². The van der Waals surface area contributed by atoms with Crippen LogP contribution in [0.2, 0.25) is 0 Å². The number of benzene rings is 1. The van der Waals surface area contributed by atoms with Crippen LogP contribution in [0.5, 0.6) is 0 Å². The molecule has 2 rings (SSSR count). The molecule has 2 aromatic rings. The van der Waals surface area contributed by atoms with Crippen molar-refractivity contribution in [3.63, 3.8) is 0 Å². The molecule has 94 valence electrons. The zero-order valence-electron chi connectivity index (χ0n) is 10.2. The van der Waals surface area contributed by atoms with Crippen LogP contribution in [0.1, 0.15) is 17.8 Å². The molecular weight excluding hydrogens is 244 g/mol. The summed E-state index contributed by atoms with van der Waals surface area (Å²) in [6.07, 6.45) is 3.93. The first-order valence-corrected chi connectivity index (χ1v) is 6.83. The molecule has 0 saturated heterocycles. The van der Waals surface area contributed by atoms with Crippen LogP contribution < -0.4 is 5.32 Å². The van der Waals surface area contributed by atoms with Gasteiger partial charge in [0.05, 0.1) is 15.2 Å². The summed E-state index contributed by atoms with van der Waals surface area (Å²) < 4.78 is 1.21. The minimum atomic E-state index is 0.0796. The van der Waals surface area contributed by atoms with Gasteiger partial charge in [-0.25, -0.2) is 4.98 Å². The summed E-state index contributed by atoms with van der Waals surface area (Å²) >= 11 is 1.71. The second-order valence-electron chi connectivity index (χ2n) is 4.02. The summed E-state index contributed by atoms with van der Waals surface area (Å²) in [4.78, 5) is 15.9. The number of rotatable bonds is 6. The van der Waals surface area contributed by atoms with Crippen molar-refractivity contribution < 1.29 is 4.79 Å². The maximum atomic E-state index is 11.4. The normalized spacial score (nSPS) is 10.4. The fourth-order valence-electron chi connectivity index (χ4n) is 1.70. The van der Waals surface area contributed by atoms with Crippen LogP contribution >= 0.6 is 11.3 Å². The Bertz CT molecular complexity index is 514. The van der Waals surface area contributed by atoms with Crippen molar-refractivity contribution >= 4 is 27.5 Å². The predicted molar refractivity (Wildman–Crippen MR) is 75.8 cm³/mol. The highest BCUT2D eigenvalue weighted by atomic mass is 32.1. The van der Waals surface area contributed by atoms with Crippen LogP contribution in [-0.2, 0) is 11.2 Å². The van der Waals surface area contributed by atoms with Crippen molar-refractivity contribution in [3.8, 4) is 0 Å². The zero-order chi connectivity index (χ0) is 12.8. The molecule has 0 saturated carbocycles. The van der Waals surface area contributed by atoms with Gasteiger partial charge in [-0.3, -0.25) is 4.79 Å². The van der Waals surface area contributed by atoms with E-state index >= 15 is 0 Å². The van der Waals surface area contributed by atoms with Gasteiger partial charge in [-0.1, -0.05) is 18.2 Å². The maximum absolute atomic E-state index is 11.4. The number of thiazole rings is 1. The average molecular weight is 260 g/mol. The molecule has 1 aromatic heterocycles. The molecule has 0 unspecified atom stereocenters. The lowest BCUT2D eigenvalue weighted by molar-refractivity contribution is -0.120. The third-order valence-electron chi connectivity index (χ3n) is 2.58. The number of hydrogen-bond donors (Lipinski definition) is 1. The van der Waals surface area contributed by atoms with Crippen molar-refractivity contribution in [2.75, 3.05) is 6.54 Å². The first-order chi connectivity index (χ1) is 8.79.